The topological polar surface area (TPSA) is 102 Å². The van der Waals surface area contributed by atoms with Crippen molar-refractivity contribution in [3.05, 3.63) is 54.2 Å². The third-order valence-corrected chi connectivity index (χ3v) is 5.28. The Kier molecular flexibility index (Phi) is 8.13. The molecule has 2 amide bonds. The Labute approximate surface area is 197 Å². The van der Waals surface area contributed by atoms with E-state index in [4.69, 9.17) is 9.47 Å². The minimum Gasteiger partial charge on any atom is -0.444 e. The highest BCUT2D eigenvalue weighted by molar-refractivity contribution is 7.14. The van der Waals surface area contributed by atoms with Gasteiger partial charge in [0.25, 0.3) is 0 Å². The molecule has 0 bridgehead atoms. The van der Waals surface area contributed by atoms with Crippen molar-refractivity contribution in [1.29, 1.82) is 0 Å². The SMILES string of the molecule is COCCC(NC(=O)OC(C)(C)C)C(=O)Nc1nc(-c2cccc(-c3ccncc3)c2)cs1. The summed E-state index contributed by atoms with van der Waals surface area (Å²) in [6.07, 6.45) is 3.15. The van der Waals surface area contributed by atoms with Crippen molar-refractivity contribution in [2.24, 2.45) is 0 Å². The predicted molar refractivity (Wildman–Crippen MR) is 129 cm³/mol. The lowest BCUT2D eigenvalue weighted by molar-refractivity contribution is -0.118. The summed E-state index contributed by atoms with van der Waals surface area (Å²) in [6.45, 7) is 5.59. The van der Waals surface area contributed by atoms with Gasteiger partial charge in [0, 0.05) is 43.5 Å². The van der Waals surface area contributed by atoms with Gasteiger partial charge in [-0.2, -0.15) is 0 Å². The molecule has 0 radical (unpaired) electrons. The van der Waals surface area contributed by atoms with Crippen LogP contribution in [-0.2, 0) is 14.3 Å². The fourth-order valence-corrected chi connectivity index (χ4v) is 3.74. The maximum atomic E-state index is 12.8. The Hall–Kier alpha value is -3.30. The van der Waals surface area contributed by atoms with Crippen LogP contribution in [0.25, 0.3) is 22.4 Å². The Morgan fingerprint density at radius 2 is 1.82 bits per heavy atom. The molecule has 33 heavy (non-hydrogen) atoms. The highest BCUT2D eigenvalue weighted by Crippen LogP contribution is 2.28. The normalized spacial score (nSPS) is 12.1. The van der Waals surface area contributed by atoms with Crippen molar-refractivity contribution in [2.75, 3.05) is 19.0 Å². The van der Waals surface area contributed by atoms with Gasteiger partial charge in [0.05, 0.1) is 5.69 Å². The Morgan fingerprint density at radius 1 is 1.09 bits per heavy atom. The summed E-state index contributed by atoms with van der Waals surface area (Å²) in [4.78, 5) is 33.6. The van der Waals surface area contributed by atoms with Crippen LogP contribution in [0.5, 0.6) is 0 Å². The van der Waals surface area contributed by atoms with Crippen LogP contribution in [0.1, 0.15) is 27.2 Å². The number of alkyl carbamates (subject to hydrolysis) is 1. The van der Waals surface area contributed by atoms with Crippen LogP contribution in [0.15, 0.2) is 54.2 Å². The number of carbonyl (C=O) groups excluding carboxylic acids is 2. The lowest BCUT2D eigenvalue weighted by Crippen LogP contribution is -2.46. The van der Waals surface area contributed by atoms with Gasteiger partial charge in [0.15, 0.2) is 5.13 Å². The molecule has 0 aliphatic carbocycles. The molecule has 0 aliphatic rings. The zero-order valence-corrected chi connectivity index (χ0v) is 19.9. The van der Waals surface area contributed by atoms with Gasteiger partial charge in [-0.3, -0.25) is 9.78 Å². The van der Waals surface area contributed by atoms with Crippen LogP contribution >= 0.6 is 11.3 Å². The second-order valence-electron chi connectivity index (χ2n) is 8.32. The van der Waals surface area contributed by atoms with Gasteiger partial charge in [-0.1, -0.05) is 18.2 Å². The average molecular weight is 469 g/mol. The first-order chi connectivity index (χ1) is 15.7. The van der Waals surface area contributed by atoms with Crippen LogP contribution in [0, 0.1) is 0 Å². The molecule has 2 N–H and O–H groups in total. The second-order valence-corrected chi connectivity index (χ2v) is 9.18. The molecule has 3 rings (SSSR count). The number of thiazole rings is 1. The first-order valence-electron chi connectivity index (χ1n) is 10.5. The van der Waals surface area contributed by atoms with Crippen molar-refractivity contribution in [2.45, 2.75) is 38.8 Å². The first-order valence-corrected chi connectivity index (χ1v) is 11.4. The number of amides is 2. The van der Waals surface area contributed by atoms with E-state index in [0.29, 0.717) is 18.2 Å². The maximum absolute atomic E-state index is 12.8. The number of carbonyl (C=O) groups is 2. The van der Waals surface area contributed by atoms with E-state index in [9.17, 15) is 9.59 Å². The van der Waals surface area contributed by atoms with Crippen molar-refractivity contribution >= 4 is 28.5 Å². The molecule has 2 heterocycles. The van der Waals surface area contributed by atoms with E-state index in [1.54, 1.807) is 33.2 Å². The van der Waals surface area contributed by atoms with Crippen LogP contribution in [0.3, 0.4) is 0 Å². The molecular formula is C24H28N4O4S. The van der Waals surface area contributed by atoms with Gasteiger partial charge in [-0.25, -0.2) is 9.78 Å². The largest absolute Gasteiger partial charge is 0.444 e. The van der Waals surface area contributed by atoms with Gasteiger partial charge < -0.3 is 20.1 Å². The fourth-order valence-electron chi connectivity index (χ4n) is 3.01. The van der Waals surface area contributed by atoms with E-state index in [1.807, 2.05) is 41.8 Å². The summed E-state index contributed by atoms with van der Waals surface area (Å²) >= 11 is 1.32. The van der Waals surface area contributed by atoms with Crippen molar-refractivity contribution in [3.63, 3.8) is 0 Å². The molecule has 0 saturated heterocycles. The summed E-state index contributed by atoms with van der Waals surface area (Å²) in [7, 11) is 1.54. The number of anilines is 1. The lowest BCUT2D eigenvalue weighted by atomic mass is 10.0. The van der Waals surface area contributed by atoms with E-state index < -0.39 is 17.7 Å². The summed E-state index contributed by atoms with van der Waals surface area (Å²) in [5.74, 6) is -0.385. The molecule has 1 unspecified atom stereocenters. The highest BCUT2D eigenvalue weighted by Gasteiger charge is 2.25. The van der Waals surface area contributed by atoms with Crippen molar-refractivity contribution < 1.29 is 19.1 Å². The maximum Gasteiger partial charge on any atom is 0.408 e. The van der Waals surface area contributed by atoms with Gasteiger partial charge in [0.2, 0.25) is 5.91 Å². The minimum atomic E-state index is -0.817. The molecule has 1 aromatic carbocycles. The number of hydrogen-bond donors (Lipinski definition) is 2. The Morgan fingerprint density at radius 3 is 2.52 bits per heavy atom. The zero-order chi connectivity index (χ0) is 23.8. The van der Waals surface area contributed by atoms with Crippen LogP contribution in [0.2, 0.25) is 0 Å². The molecule has 8 nitrogen and oxygen atoms in total. The van der Waals surface area contributed by atoms with Crippen molar-refractivity contribution in [1.82, 2.24) is 15.3 Å². The molecule has 9 heteroatoms. The average Bonchev–Trinajstić information content (AvgIpc) is 3.24. The number of ether oxygens (including phenoxy) is 2. The predicted octanol–water partition coefficient (Wildman–Crippen LogP) is 4.74. The minimum absolute atomic E-state index is 0.299. The van der Waals surface area contributed by atoms with Crippen LogP contribution in [-0.4, -0.2) is 47.3 Å². The van der Waals surface area contributed by atoms with E-state index >= 15 is 0 Å². The number of nitrogens with one attached hydrogen (secondary N) is 2. The second kappa shape index (κ2) is 11.0. The number of pyridine rings is 1. The lowest BCUT2D eigenvalue weighted by Gasteiger charge is -2.23. The third kappa shape index (κ3) is 7.37. The Balaban J connectivity index is 1.70. The van der Waals surface area contributed by atoms with Gasteiger partial charge in [-0.15, -0.1) is 11.3 Å². The number of benzene rings is 1. The summed E-state index contributed by atoms with van der Waals surface area (Å²) in [6, 6.07) is 11.1. The monoisotopic (exact) mass is 468 g/mol. The summed E-state index contributed by atoms with van der Waals surface area (Å²) in [5.41, 5.74) is 3.13. The number of rotatable bonds is 8. The number of nitrogens with zero attached hydrogens (tertiary/aromatic N) is 2. The molecule has 0 spiro atoms. The summed E-state index contributed by atoms with van der Waals surface area (Å²) < 4.78 is 10.3. The van der Waals surface area contributed by atoms with Gasteiger partial charge in [0.1, 0.15) is 11.6 Å². The first kappa shape index (κ1) is 24.3. The highest BCUT2D eigenvalue weighted by atomic mass is 32.1. The number of methoxy groups -OCH3 is 1. The third-order valence-electron chi connectivity index (χ3n) is 4.52. The summed E-state index contributed by atoms with van der Waals surface area (Å²) in [5, 5.41) is 7.73. The molecule has 2 aromatic heterocycles. The Bertz CT molecular complexity index is 1080. The number of aromatic nitrogens is 2. The molecule has 0 aliphatic heterocycles. The molecule has 174 valence electrons. The van der Waals surface area contributed by atoms with Crippen LogP contribution in [0.4, 0.5) is 9.93 Å². The van der Waals surface area contributed by atoms with E-state index in [0.717, 1.165) is 22.4 Å². The standard InChI is InChI=1S/C24H28N4O4S/c1-24(2,3)32-23(30)27-19(10-13-31-4)21(29)28-22-26-20(15-33-22)18-7-5-6-17(14-18)16-8-11-25-12-9-16/h5-9,11-12,14-15,19H,10,13H2,1-4H3,(H,27,30)(H,26,28,29). The molecule has 0 saturated carbocycles. The molecule has 3 aromatic rings. The van der Waals surface area contributed by atoms with E-state index in [-0.39, 0.29) is 5.91 Å². The number of hydrogen-bond acceptors (Lipinski definition) is 7. The van der Waals surface area contributed by atoms with Gasteiger partial charge in [-0.05, 0) is 50.1 Å². The van der Waals surface area contributed by atoms with E-state index in [2.05, 4.69) is 20.6 Å². The van der Waals surface area contributed by atoms with Crippen molar-refractivity contribution in [3.8, 4) is 22.4 Å². The molecule has 0 fully saturated rings. The zero-order valence-electron chi connectivity index (χ0n) is 19.1. The van der Waals surface area contributed by atoms with E-state index in [1.165, 1.54) is 18.4 Å². The molecule has 1 atom stereocenters. The molecular weight excluding hydrogens is 440 g/mol. The fraction of sp³-hybridized carbons (Fsp3) is 0.333. The smallest absolute Gasteiger partial charge is 0.408 e. The van der Waals surface area contributed by atoms with Gasteiger partial charge >= 0.3 is 6.09 Å². The quantitative estimate of drug-likeness (QED) is 0.495. The van der Waals surface area contributed by atoms with Crippen LogP contribution < -0.4 is 10.6 Å².